The van der Waals surface area contributed by atoms with E-state index in [0.717, 1.165) is 18.5 Å². The zero-order valence-corrected chi connectivity index (χ0v) is 11.0. The molecule has 100 valence electrons. The first kappa shape index (κ1) is 13.3. The Labute approximate surface area is 108 Å². The fraction of sp³-hybridized carbons (Fsp3) is 0.571. The molecule has 2 rings (SSSR count). The molecule has 0 spiro atoms. The summed E-state index contributed by atoms with van der Waals surface area (Å²) in [4.78, 5) is 2.09. The molecule has 0 aromatic heterocycles. The lowest BCUT2D eigenvalue weighted by Crippen LogP contribution is -2.46. The monoisotopic (exact) mass is 252 g/mol. The van der Waals surface area contributed by atoms with E-state index >= 15 is 0 Å². The van der Waals surface area contributed by atoms with Gasteiger partial charge in [0, 0.05) is 19.3 Å². The largest absolute Gasteiger partial charge is 0.373 e. The van der Waals surface area contributed by atoms with Crippen molar-refractivity contribution < 1.29 is 9.13 Å². The average Bonchev–Trinajstić information content (AvgIpc) is 2.77. The van der Waals surface area contributed by atoms with E-state index in [4.69, 9.17) is 10.5 Å². The van der Waals surface area contributed by atoms with E-state index in [9.17, 15) is 4.39 Å². The van der Waals surface area contributed by atoms with Crippen molar-refractivity contribution in [3.8, 4) is 0 Å². The van der Waals surface area contributed by atoms with Crippen molar-refractivity contribution in [2.75, 3.05) is 18.5 Å². The van der Waals surface area contributed by atoms with E-state index in [1.807, 2.05) is 7.05 Å². The van der Waals surface area contributed by atoms with Crippen molar-refractivity contribution in [2.24, 2.45) is 5.73 Å². The maximum absolute atomic E-state index is 12.9. The van der Waals surface area contributed by atoms with Gasteiger partial charge in [-0.1, -0.05) is 0 Å². The van der Waals surface area contributed by atoms with Gasteiger partial charge in [0.15, 0.2) is 0 Å². The van der Waals surface area contributed by atoms with Crippen LogP contribution in [0.4, 0.5) is 10.1 Å². The molecule has 1 fully saturated rings. The summed E-state index contributed by atoms with van der Waals surface area (Å²) in [7, 11) is 1.98. The van der Waals surface area contributed by atoms with Gasteiger partial charge in [-0.05, 0) is 44.0 Å². The molecule has 3 unspecified atom stereocenters. The van der Waals surface area contributed by atoms with Crippen LogP contribution in [0.15, 0.2) is 24.3 Å². The number of benzene rings is 1. The summed E-state index contributed by atoms with van der Waals surface area (Å²) in [5.74, 6) is -0.220. The Bertz CT molecular complexity index is 382. The minimum Gasteiger partial charge on any atom is -0.373 e. The average molecular weight is 252 g/mol. The SMILES string of the molecule is CC1CCC(C(CN)N(C)c2ccc(F)cc2)O1. The number of hydrogen-bond acceptors (Lipinski definition) is 3. The molecule has 18 heavy (non-hydrogen) atoms. The number of likely N-dealkylation sites (N-methyl/N-ethyl adjacent to an activating group) is 1. The maximum atomic E-state index is 12.9. The van der Waals surface area contributed by atoms with E-state index < -0.39 is 0 Å². The second-order valence-electron chi connectivity index (χ2n) is 4.95. The fourth-order valence-corrected chi connectivity index (χ4v) is 2.54. The van der Waals surface area contributed by atoms with Crippen LogP contribution in [-0.2, 0) is 4.74 Å². The molecule has 2 N–H and O–H groups in total. The van der Waals surface area contributed by atoms with Crippen molar-refractivity contribution in [1.29, 1.82) is 0 Å². The van der Waals surface area contributed by atoms with Gasteiger partial charge in [-0.15, -0.1) is 0 Å². The van der Waals surface area contributed by atoms with Gasteiger partial charge >= 0.3 is 0 Å². The molecule has 0 amide bonds. The summed E-state index contributed by atoms with van der Waals surface area (Å²) >= 11 is 0. The number of nitrogens with zero attached hydrogens (tertiary/aromatic N) is 1. The Hall–Kier alpha value is -1.13. The van der Waals surface area contributed by atoms with Gasteiger partial charge in [0.2, 0.25) is 0 Å². The molecule has 1 aromatic carbocycles. The summed E-state index contributed by atoms with van der Waals surface area (Å²) in [5, 5.41) is 0. The highest BCUT2D eigenvalue weighted by Crippen LogP contribution is 2.26. The molecule has 1 aliphatic heterocycles. The number of halogens is 1. The third-order valence-electron chi connectivity index (χ3n) is 3.67. The summed E-state index contributed by atoms with van der Waals surface area (Å²) in [5.41, 5.74) is 6.84. The first-order valence-corrected chi connectivity index (χ1v) is 6.45. The normalized spacial score (nSPS) is 25.1. The molecule has 0 aliphatic carbocycles. The minimum atomic E-state index is -0.220. The van der Waals surface area contributed by atoms with Crippen molar-refractivity contribution in [3.63, 3.8) is 0 Å². The molecule has 0 saturated carbocycles. The molecule has 0 radical (unpaired) electrons. The molecule has 1 aromatic rings. The van der Waals surface area contributed by atoms with Gasteiger partial charge in [-0.25, -0.2) is 4.39 Å². The fourth-order valence-electron chi connectivity index (χ4n) is 2.54. The number of ether oxygens (including phenoxy) is 1. The first-order chi connectivity index (χ1) is 8.61. The van der Waals surface area contributed by atoms with Gasteiger partial charge in [-0.2, -0.15) is 0 Å². The summed E-state index contributed by atoms with van der Waals surface area (Å²) in [6.07, 6.45) is 2.60. The molecule has 0 bridgehead atoms. The smallest absolute Gasteiger partial charge is 0.123 e. The Balaban J connectivity index is 2.09. The zero-order chi connectivity index (χ0) is 13.1. The van der Waals surface area contributed by atoms with E-state index in [-0.39, 0.29) is 18.0 Å². The maximum Gasteiger partial charge on any atom is 0.123 e. The predicted molar refractivity (Wildman–Crippen MR) is 71.2 cm³/mol. The Morgan fingerprint density at radius 2 is 2.06 bits per heavy atom. The standard InChI is InChI=1S/C14H21FN2O/c1-10-3-8-14(18-10)13(9-16)17(2)12-6-4-11(15)5-7-12/h4-7,10,13-14H,3,8-9,16H2,1-2H3. The first-order valence-electron chi connectivity index (χ1n) is 6.45. The topological polar surface area (TPSA) is 38.5 Å². The quantitative estimate of drug-likeness (QED) is 0.892. The number of nitrogens with two attached hydrogens (primary N) is 1. The van der Waals surface area contributed by atoms with Crippen LogP contribution in [0.2, 0.25) is 0 Å². The highest BCUT2D eigenvalue weighted by molar-refractivity contribution is 5.46. The van der Waals surface area contributed by atoms with Crippen LogP contribution in [-0.4, -0.2) is 31.8 Å². The molecule has 1 saturated heterocycles. The van der Waals surface area contributed by atoms with E-state index in [2.05, 4.69) is 11.8 Å². The molecule has 1 heterocycles. The molecule has 3 nitrogen and oxygen atoms in total. The summed E-state index contributed by atoms with van der Waals surface area (Å²) in [6, 6.07) is 6.63. The lowest BCUT2D eigenvalue weighted by atomic mass is 10.1. The van der Waals surface area contributed by atoms with E-state index in [1.54, 1.807) is 12.1 Å². The highest BCUT2D eigenvalue weighted by atomic mass is 19.1. The van der Waals surface area contributed by atoms with Crippen LogP contribution >= 0.6 is 0 Å². The van der Waals surface area contributed by atoms with Gasteiger partial charge in [0.05, 0.1) is 18.2 Å². The molecular formula is C14H21FN2O. The third-order valence-corrected chi connectivity index (χ3v) is 3.67. The number of rotatable bonds is 4. The van der Waals surface area contributed by atoms with Crippen molar-refractivity contribution in [2.45, 2.75) is 38.0 Å². The third kappa shape index (κ3) is 2.82. The Morgan fingerprint density at radius 1 is 1.39 bits per heavy atom. The highest BCUT2D eigenvalue weighted by Gasteiger charge is 2.31. The molecule has 4 heteroatoms. The molecule has 3 atom stereocenters. The van der Waals surface area contributed by atoms with Crippen LogP contribution in [0.1, 0.15) is 19.8 Å². The lowest BCUT2D eigenvalue weighted by molar-refractivity contribution is 0.0411. The van der Waals surface area contributed by atoms with Crippen molar-refractivity contribution in [3.05, 3.63) is 30.1 Å². The molecular weight excluding hydrogens is 231 g/mol. The Kier molecular flexibility index (Phi) is 4.19. The number of hydrogen-bond donors (Lipinski definition) is 1. The predicted octanol–water partition coefficient (Wildman–Crippen LogP) is 2.16. The second kappa shape index (κ2) is 5.67. The van der Waals surface area contributed by atoms with E-state index in [0.29, 0.717) is 12.6 Å². The zero-order valence-electron chi connectivity index (χ0n) is 11.0. The van der Waals surface area contributed by atoms with E-state index in [1.165, 1.54) is 12.1 Å². The molecule has 1 aliphatic rings. The van der Waals surface area contributed by atoms with Gasteiger partial charge in [0.25, 0.3) is 0 Å². The van der Waals surface area contributed by atoms with Crippen molar-refractivity contribution >= 4 is 5.69 Å². The van der Waals surface area contributed by atoms with Crippen molar-refractivity contribution in [1.82, 2.24) is 0 Å². The second-order valence-corrected chi connectivity index (χ2v) is 4.95. The van der Waals surface area contributed by atoms with Crippen LogP contribution in [0, 0.1) is 5.82 Å². The lowest BCUT2D eigenvalue weighted by Gasteiger charge is -2.33. The van der Waals surface area contributed by atoms with Gasteiger partial charge in [-0.3, -0.25) is 0 Å². The van der Waals surface area contributed by atoms with Gasteiger partial charge < -0.3 is 15.4 Å². The summed E-state index contributed by atoms with van der Waals surface area (Å²) < 4.78 is 18.8. The number of anilines is 1. The summed E-state index contributed by atoms with van der Waals surface area (Å²) in [6.45, 7) is 2.62. The van der Waals surface area contributed by atoms with Crippen LogP contribution < -0.4 is 10.6 Å². The van der Waals surface area contributed by atoms with Crippen LogP contribution in [0.25, 0.3) is 0 Å². The van der Waals surface area contributed by atoms with Crippen LogP contribution in [0.5, 0.6) is 0 Å². The van der Waals surface area contributed by atoms with Gasteiger partial charge in [0.1, 0.15) is 5.82 Å². The minimum absolute atomic E-state index is 0.139. The van der Waals surface area contributed by atoms with Crippen LogP contribution in [0.3, 0.4) is 0 Å². The Morgan fingerprint density at radius 3 is 2.56 bits per heavy atom.